The fourth-order valence-electron chi connectivity index (χ4n) is 2.43. The topological polar surface area (TPSA) is 49.4 Å². The van der Waals surface area contributed by atoms with Gasteiger partial charge in [-0.2, -0.15) is 0 Å². The van der Waals surface area contributed by atoms with E-state index in [-0.39, 0.29) is 0 Å². The molecule has 1 rings (SSSR count). The lowest BCUT2D eigenvalue weighted by molar-refractivity contribution is 0.304. The molecule has 0 fully saturated rings. The Bertz CT molecular complexity index is 403. The summed E-state index contributed by atoms with van der Waals surface area (Å²) < 4.78 is 27.1. The maximum atomic E-state index is 10.7. The summed E-state index contributed by atoms with van der Waals surface area (Å²) in [6.45, 7) is 2.96. The summed E-state index contributed by atoms with van der Waals surface area (Å²) in [5, 5.41) is 0. The first kappa shape index (κ1) is 19.2. The standard InChI is InChI=1S/C18H30O3S/c1-2-3-4-5-6-7-8-9-10-11-16-21-17-12-14-18(15-13-17)22(19)20/h12-15H,2-11,16H2,1H3,(H,19,20)/p-1. The molecule has 0 spiro atoms. The van der Waals surface area contributed by atoms with Crippen molar-refractivity contribution in [2.45, 2.75) is 76.0 Å². The molecule has 0 aliphatic carbocycles. The van der Waals surface area contributed by atoms with Gasteiger partial charge in [0.15, 0.2) is 0 Å². The van der Waals surface area contributed by atoms with E-state index in [1.54, 1.807) is 24.3 Å². The van der Waals surface area contributed by atoms with E-state index < -0.39 is 11.1 Å². The molecule has 0 saturated carbocycles. The molecule has 1 unspecified atom stereocenters. The van der Waals surface area contributed by atoms with Gasteiger partial charge < -0.3 is 9.29 Å². The minimum absolute atomic E-state index is 0.297. The predicted octanol–water partition coefficient (Wildman–Crippen LogP) is 5.22. The first-order valence-electron chi connectivity index (χ1n) is 8.56. The Hall–Kier alpha value is -0.870. The molecule has 1 atom stereocenters. The molecule has 0 aliphatic rings. The lowest BCUT2D eigenvalue weighted by atomic mass is 10.1. The second-order valence-electron chi connectivity index (χ2n) is 5.74. The van der Waals surface area contributed by atoms with Gasteiger partial charge in [0.1, 0.15) is 5.75 Å². The van der Waals surface area contributed by atoms with E-state index in [2.05, 4.69) is 6.92 Å². The van der Waals surface area contributed by atoms with E-state index in [4.69, 9.17) is 4.74 Å². The lowest BCUT2D eigenvalue weighted by Gasteiger charge is -2.08. The van der Waals surface area contributed by atoms with Crippen molar-refractivity contribution < 1.29 is 13.5 Å². The van der Waals surface area contributed by atoms with E-state index >= 15 is 0 Å². The van der Waals surface area contributed by atoms with Crippen LogP contribution in [-0.2, 0) is 11.1 Å². The van der Waals surface area contributed by atoms with Crippen LogP contribution < -0.4 is 4.74 Å². The maximum Gasteiger partial charge on any atom is 0.119 e. The zero-order valence-corrected chi connectivity index (χ0v) is 14.5. The fraction of sp³-hybridized carbons (Fsp3) is 0.667. The Morgan fingerprint density at radius 3 is 1.86 bits per heavy atom. The average Bonchev–Trinajstić information content (AvgIpc) is 2.53. The van der Waals surface area contributed by atoms with Crippen molar-refractivity contribution in [3.8, 4) is 5.75 Å². The summed E-state index contributed by atoms with van der Waals surface area (Å²) >= 11 is -2.16. The first-order chi connectivity index (χ1) is 10.7. The molecular weight excluding hydrogens is 296 g/mol. The molecule has 22 heavy (non-hydrogen) atoms. The van der Waals surface area contributed by atoms with Crippen molar-refractivity contribution in [1.29, 1.82) is 0 Å². The molecule has 3 nitrogen and oxygen atoms in total. The van der Waals surface area contributed by atoms with Crippen LogP contribution >= 0.6 is 0 Å². The zero-order chi connectivity index (χ0) is 16.0. The minimum Gasteiger partial charge on any atom is -0.768 e. The second kappa shape index (κ2) is 12.7. The smallest absolute Gasteiger partial charge is 0.119 e. The van der Waals surface area contributed by atoms with Gasteiger partial charge in [0.25, 0.3) is 0 Å². The van der Waals surface area contributed by atoms with Crippen molar-refractivity contribution in [2.75, 3.05) is 6.61 Å². The van der Waals surface area contributed by atoms with E-state index in [0.717, 1.165) is 12.2 Å². The molecule has 0 heterocycles. The third-order valence-electron chi connectivity index (χ3n) is 3.78. The largest absolute Gasteiger partial charge is 0.768 e. The number of ether oxygens (including phenoxy) is 1. The number of hydrogen-bond donors (Lipinski definition) is 0. The Morgan fingerprint density at radius 2 is 1.36 bits per heavy atom. The van der Waals surface area contributed by atoms with Gasteiger partial charge in [0, 0.05) is 4.90 Å². The van der Waals surface area contributed by atoms with Gasteiger partial charge in [0.2, 0.25) is 0 Å². The van der Waals surface area contributed by atoms with Crippen molar-refractivity contribution in [2.24, 2.45) is 0 Å². The Balaban J connectivity index is 1.94. The van der Waals surface area contributed by atoms with Crippen LogP contribution in [0.25, 0.3) is 0 Å². The Labute approximate surface area is 137 Å². The van der Waals surface area contributed by atoms with Crippen molar-refractivity contribution in [1.82, 2.24) is 0 Å². The predicted molar refractivity (Wildman–Crippen MR) is 91.0 cm³/mol. The van der Waals surface area contributed by atoms with Crippen LogP contribution in [0.3, 0.4) is 0 Å². The molecule has 0 aliphatic heterocycles. The highest BCUT2D eigenvalue weighted by Gasteiger charge is 1.97. The van der Waals surface area contributed by atoms with Crippen LogP contribution in [0.1, 0.15) is 71.1 Å². The monoisotopic (exact) mass is 325 g/mol. The number of hydrogen-bond acceptors (Lipinski definition) is 3. The van der Waals surface area contributed by atoms with Crippen LogP contribution in [0.4, 0.5) is 0 Å². The molecule has 1 aromatic rings. The second-order valence-corrected chi connectivity index (χ2v) is 6.68. The van der Waals surface area contributed by atoms with Gasteiger partial charge in [-0.05, 0) is 41.8 Å². The van der Waals surface area contributed by atoms with Crippen molar-refractivity contribution in [3.05, 3.63) is 24.3 Å². The quantitative estimate of drug-likeness (QED) is 0.369. The number of benzene rings is 1. The molecule has 0 N–H and O–H groups in total. The Morgan fingerprint density at radius 1 is 0.864 bits per heavy atom. The van der Waals surface area contributed by atoms with Gasteiger partial charge in [-0.3, -0.25) is 4.21 Å². The molecule has 0 aromatic heterocycles. The summed E-state index contributed by atoms with van der Waals surface area (Å²) in [7, 11) is 0. The molecule has 0 radical (unpaired) electrons. The summed E-state index contributed by atoms with van der Waals surface area (Å²) in [5.41, 5.74) is 0. The average molecular weight is 325 g/mol. The summed E-state index contributed by atoms with van der Waals surface area (Å²) in [5.74, 6) is 0.741. The van der Waals surface area contributed by atoms with Crippen LogP contribution in [0, 0.1) is 0 Å². The van der Waals surface area contributed by atoms with E-state index in [1.165, 1.54) is 57.8 Å². The van der Waals surface area contributed by atoms with Gasteiger partial charge in [-0.1, -0.05) is 64.7 Å². The van der Waals surface area contributed by atoms with Crippen molar-refractivity contribution in [3.63, 3.8) is 0 Å². The maximum absolute atomic E-state index is 10.7. The fourth-order valence-corrected chi connectivity index (χ4v) is 2.78. The van der Waals surface area contributed by atoms with Gasteiger partial charge in [-0.25, -0.2) is 0 Å². The van der Waals surface area contributed by atoms with Crippen LogP contribution in [0.15, 0.2) is 29.2 Å². The summed E-state index contributed by atoms with van der Waals surface area (Å²) in [4.78, 5) is 0.297. The molecule has 126 valence electrons. The third-order valence-corrected chi connectivity index (χ3v) is 4.44. The summed E-state index contributed by atoms with van der Waals surface area (Å²) in [6.07, 6.45) is 13.1. The number of unbranched alkanes of at least 4 members (excludes halogenated alkanes) is 9. The van der Waals surface area contributed by atoms with Gasteiger partial charge in [-0.15, -0.1) is 0 Å². The Kier molecular flexibility index (Phi) is 11.0. The molecule has 0 bridgehead atoms. The molecule has 0 amide bonds. The van der Waals surface area contributed by atoms with E-state index in [9.17, 15) is 8.76 Å². The number of rotatable bonds is 13. The third kappa shape index (κ3) is 9.21. The van der Waals surface area contributed by atoms with Crippen LogP contribution in [0.2, 0.25) is 0 Å². The van der Waals surface area contributed by atoms with E-state index in [0.29, 0.717) is 11.5 Å². The minimum atomic E-state index is -2.16. The molecule has 1 aromatic carbocycles. The van der Waals surface area contributed by atoms with Crippen molar-refractivity contribution >= 4 is 11.1 Å². The molecule has 4 heteroatoms. The highest BCUT2D eigenvalue weighted by atomic mass is 32.2. The first-order valence-corrected chi connectivity index (χ1v) is 9.63. The van der Waals surface area contributed by atoms with E-state index in [1.807, 2.05) is 0 Å². The highest BCUT2D eigenvalue weighted by molar-refractivity contribution is 7.79. The molecule has 0 saturated heterocycles. The van der Waals surface area contributed by atoms with Crippen LogP contribution in [0.5, 0.6) is 5.75 Å². The SMILES string of the molecule is CCCCCCCCCCCCOc1ccc(S(=O)[O-])cc1. The van der Waals surface area contributed by atoms with Gasteiger partial charge in [0.05, 0.1) is 6.61 Å². The molecular formula is C18H29O3S-. The normalized spacial score (nSPS) is 12.3. The summed E-state index contributed by atoms with van der Waals surface area (Å²) in [6, 6.07) is 6.55. The van der Waals surface area contributed by atoms with Gasteiger partial charge >= 0.3 is 0 Å². The highest BCUT2D eigenvalue weighted by Crippen LogP contribution is 2.15. The lowest BCUT2D eigenvalue weighted by Crippen LogP contribution is -1.97. The van der Waals surface area contributed by atoms with Crippen LogP contribution in [-0.4, -0.2) is 15.4 Å². The zero-order valence-electron chi connectivity index (χ0n) is 13.7.